The number of hydrogen-bond acceptors (Lipinski definition) is 5. The molecule has 0 fully saturated rings. The lowest BCUT2D eigenvalue weighted by molar-refractivity contribution is -0.124. The summed E-state index contributed by atoms with van der Waals surface area (Å²) >= 11 is 0. The minimum atomic E-state index is -0.509. The van der Waals surface area contributed by atoms with E-state index in [1.165, 1.54) is 6.07 Å². The average molecular weight is 434 g/mol. The van der Waals surface area contributed by atoms with Crippen LogP contribution in [0.5, 0.6) is 11.5 Å². The van der Waals surface area contributed by atoms with Crippen LogP contribution in [0.15, 0.2) is 53.3 Å². The van der Waals surface area contributed by atoms with Crippen LogP contribution >= 0.6 is 0 Å². The van der Waals surface area contributed by atoms with Gasteiger partial charge in [-0.05, 0) is 50.1 Å². The van der Waals surface area contributed by atoms with E-state index in [4.69, 9.17) is 9.47 Å². The van der Waals surface area contributed by atoms with Crippen molar-refractivity contribution in [2.45, 2.75) is 26.3 Å². The molecular formula is C24H26N4O4. The van der Waals surface area contributed by atoms with E-state index < -0.39 is 6.04 Å². The van der Waals surface area contributed by atoms with Gasteiger partial charge in [-0.15, -0.1) is 0 Å². The Labute approximate surface area is 185 Å². The molecule has 0 aliphatic heterocycles. The largest absolute Gasteiger partial charge is 0.493 e. The van der Waals surface area contributed by atoms with E-state index in [1.807, 2.05) is 65.5 Å². The van der Waals surface area contributed by atoms with Crippen LogP contribution in [0.1, 0.15) is 24.2 Å². The van der Waals surface area contributed by atoms with E-state index in [1.54, 1.807) is 14.2 Å². The number of para-hydroxylation sites is 1. The molecule has 1 amide bonds. The van der Waals surface area contributed by atoms with Crippen molar-refractivity contribution in [2.75, 3.05) is 20.8 Å². The first-order valence-electron chi connectivity index (χ1n) is 10.4. The molecule has 2 aromatic heterocycles. The normalized spacial score (nSPS) is 12.1. The fourth-order valence-corrected chi connectivity index (χ4v) is 4.01. The lowest BCUT2D eigenvalue weighted by atomic mass is 10.1. The first-order valence-corrected chi connectivity index (χ1v) is 10.4. The highest BCUT2D eigenvalue weighted by molar-refractivity contribution is 5.94. The number of ether oxygens (including phenoxy) is 2. The van der Waals surface area contributed by atoms with Gasteiger partial charge in [-0.25, -0.2) is 4.52 Å². The van der Waals surface area contributed by atoms with Gasteiger partial charge >= 0.3 is 0 Å². The van der Waals surface area contributed by atoms with E-state index in [0.717, 1.165) is 22.2 Å². The molecule has 2 heterocycles. The standard InChI is InChI=1S/C24H26N4O4/c1-15-13-22(29)26-23-18-7-5-6-8-19(18)28(27(15)23)16(2)24(30)25-12-11-17-9-10-20(31-3)21(14-17)32-4/h5-10,13-14,16H,11-12H2,1-4H3,(H,25,30). The summed E-state index contributed by atoms with van der Waals surface area (Å²) in [4.78, 5) is 29.2. The number of methoxy groups -OCH3 is 2. The lowest BCUT2D eigenvalue weighted by Gasteiger charge is -2.18. The van der Waals surface area contributed by atoms with Crippen molar-refractivity contribution in [3.63, 3.8) is 0 Å². The number of fused-ring (bicyclic) bond motifs is 3. The third-order valence-electron chi connectivity index (χ3n) is 5.60. The molecule has 8 nitrogen and oxygen atoms in total. The Morgan fingerprint density at radius 1 is 1.09 bits per heavy atom. The topological polar surface area (TPSA) is 86.9 Å². The van der Waals surface area contributed by atoms with Crippen LogP contribution in [0.2, 0.25) is 0 Å². The first kappa shape index (κ1) is 21.4. The van der Waals surface area contributed by atoms with Crippen LogP contribution in [0, 0.1) is 6.92 Å². The lowest BCUT2D eigenvalue weighted by Crippen LogP contribution is -2.34. The summed E-state index contributed by atoms with van der Waals surface area (Å²) in [5.41, 5.74) is 2.86. The maximum Gasteiger partial charge on any atom is 0.273 e. The van der Waals surface area contributed by atoms with Crippen LogP contribution in [0.25, 0.3) is 16.6 Å². The molecular weight excluding hydrogens is 408 g/mol. The quantitative estimate of drug-likeness (QED) is 0.483. The zero-order valence-electron chi connectivity index (χ0n) is 18.6. The fraction of sp³-hybridized carbons (Fsp3) is 0.292. The number of nitrogens with one attached hydrogen (secondary N) is 1. The maximum atomic E-state index is 13.0. The maximum absolute atomic E-state index is 13.0. The molecule has 8 heteroatoms. The van der Waals surface area contributed by atoms with Gasteiger partial charge in [0.2, 0.25) is 5.91 Å². The van der Waals surface area contributed by atoms with E-state index in [0.29, 0.717) is 30.1 Å². The van der Waals surface area contributed by atoms with Crippen molar-refractivity contribution in [1.82, 2.24) is 19.5 Å². The molecule has 2 aromatic carbocycles. The molecule has 32 heavy (non-hydrogen) atoms. The van der Waals surface area contributed by atoms with E-state index >= 15 is 0 Å². The van der Waals surface area contributed by atoms with Crippen LogP contribution < -0.4 is 20.3 Å². The molecule has 0 radical (unpaired) electrons. The summed E-state index contributed by atoms with van der Waals surface area (Å²) in [7, 11) is 3.20. The fourth-order valence-electron chi connectivity index (χ4n) is 4.01. The minimum Gasteiger partial charge on any atom is -0.493 e. The summed E-state index contributed by atoms with van der Waals surface area (Å²) < 4.78 is 14.3. The molecule has 0 bridgehead atoms. The van der Waals surface area contributed by atoms with Gasteiger partial charge in [0, 0.05) is 23.7 Å². The van der Waals surface area contributed by atoms with Crippen molar-refractivity contribution in [1.29, 1.82) is 0 Å². The third-order valence-corrected chi connectivity index (χ3v) is 5.60. The second kappa shape index (κ2) is 8.74. The van der Waals surface area contributed by atoms with E-state index in [9.17, 15) is 9.59 Å². The Balaban J connectivity index is 1.57. The number of nitrogens with zero attached hydrogens (tertiary/aromatic N) is 3. The Hall–Kier alpha value is -3.81. The smallest absolute Gasteiger partial charge is 0.273 e. The van der Waals surface area contributed by atoms with Gasteiger partial charge in [0.05, 0.1) is 19.7 Å². The predicted octanol–water partition coefficient (Wildman–Crippen LogP) is 2.89. The number of rotatable bonds is 7. The first-order chi connectivity index (χ1) is 15.4. The molecule has 0 saturated carbocycles. The Morgan fingerprint density at radius 2 is 1.84 bits per heavy atom. The molecule has 0 aliphatic carbocycles. The highest BCUT2D eigenvalue weighted by atomic mass is 16.5. The van der Waals surface area contributed by atoms with Crippen LogP contribution in [0.4, 0.5) is 0 Å². The molecule has 4 aromatic rings. The summed E-state index contributed by atoms with van der Waals surface area (Å²) in [6, 6.07) is 14.3. The molecule has 166 valence electrons. The summed E-state index contributed by atoms with van der Waals surface area (Å²) in [5.74, 6) is 1.21. The highest BCUT2D eigenvalue weighted by Gasteiger charge is 2.22. The summed E-state index contributed by atoms with van der Waals surface area (Å²) in [6.07, 6.45) is 0.652. The average Bonchev–Trinajstić information content (AvgIpc) is 3.13. The Morgan fingerprint density at radius 3 is 2.59 bits per heavy atom. The third kappa shape index (κ3) is 3.79. The van der Waals surface area contributed by atoms with Gasteiger partial charge in [0.15, 0.2) is 17.1 Å². The van der Waals surface area contributed by atoms with Crippen LogP contribution in [-0.4, -0.2) is 40.9 Å². The predicted molar refractivity (Wildman–Crippen MR) is 123 cm³/mol. The zero-order valence-corrected chi connectivity index (χ0v) is 18.6. The number of hydrogen-bond donors (Lipinski definition) is 1. The number of aryl methyl sites for hydroxylation is 1. The van der Waals surface area contributed by atoms with Gasteiger partial charge in [0.25, 0.3) is 5.56 Å². The number of aromatic nitrogens is 3. The molecule has 1 N–H and O–H groups in total. The molecule has 0 aliphatic rings. The van der Waals surface area contributed by atoms with E-state index in [2.05, 4.69) is 10.3 Å². The number of carbonyl (C=O) groups is 1. The van der Waals surface area contributed by atoms with Crippen molar-refractivity contribution in [3.05, 3.63) is 70.1 Å². The van der Waals surface area contributed by atoms with E-state index in [-0.39, 0.29) is 11.5 Å². The number of benzene rings is 2. The highest BCUT2D eigenvalue weighted by Crippen LogP contribution is 2.28. The minimum absolute atomic E-state index is 0.119. The Kier molecular flexibility index (Phi) is 5.85. The van der Waals surface area contributed by atoms with Gasteiger partial charge in [-0.1, -0.05) is 18.2 Å². The number of carbonyl (C=O) groups excluding carboxylic acids is 1. The van der Waals surface area contributed by atoms with Crippen molar-refractivity contribution < 1.29 is 14.3 Å². The molecule has 1 unspecified atom stereocenters. The van der Waals surface area contributed by atoms with Crippen molar-refractivity contribution in [2.24, 2.45) is 0 Å². The van der Waals surface area contributed by atoms with Crippen molar-refractivity contribution >= 4 is 22.5 Å². The zero-order chi connectivity index (χ0) is 22.8. The number of amides is 1. The summed E-state index contributed by atoms with van der Waals surface area (Å²) in [5, 5.41) is 3.85. The van der Waals surface area contributed by atoms with Crippen molar-refractivity contribution in [3.8, 4) is 11.5 Å². The monoisotopic (exact) mass is 434 g/mol. The SMILES string of the molecule is COc1ccc(CCNC(=O)C(C)n2c3ccccc3c3nc(=O)cc(C)n32)cc1OC. The molecule has 1 atom stereocenters. The van der Waals surface area contributed by atoms with Gasteiger partial charge in [0.1, 0.15) is 6.04 Å². The second-order valence-corrected chi connectivity index (χ2v) is 7.64. The van der Waals surface area contributed by atoms with Gasteiger partial charge < -0.3 is 14.8 Å². The second-order valence-electron chi connectivity index (χ2n) is 7.64. The van der Waals surface area contributed by atoms with Gasteiger partial charge in [-0.3, -0.25) is 14.3 Å². The van der Waals surface area contributed by atoms with Gasteiger partial charge in [-0.2, -0.15) is 4.98 Å². The molecule has 0 saturated heterocycles. The Bertz CT molecular complexity index is 1360. The molecule has 0 spiro atoms. The van der Waals surface area contributed by atoms with Crippen LogP contribution in [0.3, 0.4) is 0 Å². The summed E-state index contributed by atoms with van der Waals surface area (Å²) in [6.45, 7) is 4.16. The molecule has 4 rings (SSSR count). The van der Waals surface area contributed by atoms with Crippen LogP contribution in [-0.2, 0) is 11.2 Å².